The van der Waals surface area contributed by atoms with E-state index < -0.39 is 0 Å². The monoisotopic (exact) mass is 380 g/mol. The standard InChI is InChI=1S/C22H24N2O2S/c1-15-7-5-8-16(2)21(15)26-14-20(25)24-12-6-9-17(13-24)22-23-18-10-3-4-11-19(18)27-22/h3-5,7-8,10-11,17H,6,9,12-14H2,1-2H3/t17-/m1/s1. The predicted molar refractivity (Wildman–Crippen MR) is 110 cm³/mol. The highest BCUT2D eigenvalue weighted by molar-refractivity contribution is 7.18. The number of carbonyl (C=O) groups excluding carboxylic acids is 1. The Morgan fingerprint density at radius 2 is 1.96 bits per heavy atom. The van der Waals surface area contributed by atoms with Gasteiger partial charge in [0.25, 0.3) is 5.91 Å². The van der Waals surface area contributed by atoms with Gasteiger partial charge in [-0.05, 0) is 49.9 Å². The minimum atomic E-state index is 0.0588. The van der Waals surface area contributed by atoms with Crippen LogP contribution in [0.4, 0.5) is 0 Å². The molecule has 2 heterocycles. The quantitative estimate of drug-likeness (QED) is 0.659. The van der Waals surface area contributed by atoms with E-state index in [-0.39, 0.29) is 12.5 Å². The first-order valence-corrected chi connectivity index (χ1v) is 10.3. The molecule has 0 radical (unpaired) electrons. The van der Waals surface area contributed by atoms with Crippen molar-refractivity contribution in [3.8, 4) is 5.75 Å². The van der Waals surface area contributed by atoms with Crippen molar-refractivity contribution >= 4 is 27.5 Å². The average Bonchev–Trinajstić information content (AvgIpc) is 3.12. The van der Waals surface area contributed by atoms with Crippen LogP contribution < -0.4 is 4.74 Å². The molecule has 0 unspecified atom stereocenters. The number of benzene rings is 2. The molecule has 1 amide bonds. The van der Waals surface area contributed by atoms with Crippen molar-refractivity contribution in [2.24, 2.45) is 0 Å². The fourth-order valence-corrected chi connectivity index (χ4v) is 4.82. The molecule has 27 heavy (non-hydrogen) atoms. The van der Waals surface area contributed by atoms with Crippen LogP contribution in [0.15, 0.2) is 42.5 Å². The second-order valence-corrected chi connectivity index (χ2v) is 8.27. The normalized spacial score (nSPS) is 17.3. The SMILES string of the molecule is Cc1cccc(C)c1OCC(=O)N1CCC[C@@H](c2nc3ccccc3s2)C1. The summed E-state index contributed by atoms with van der Waals surface area (Å²) in [5.41, 5.74) is 3.18. The summed E-state index contributed by atoms with van der Waals surface area (Å²) in [7, 11) is 0. The lowest BCUT2D eigenvalue weighted by Gasteiger charge is -2.31. The fraction of sp³-hybridized carbons (Fsp3) is 0.364. The molecule has 0 spiro atoms. The number of hydrogen-bond donors (Lipinski definition) is 0. The molecule has 140 valence electrons. The van der Waals surface area contributed by atoms with Gasteiger partial charge in [0.1, 0.15) is 5.75 Å². The Hall–Kier alpha value is -2.40. The van der Waals surface area contributed by atoms with Crippen molar-refractivity contribution in [3.05, 3.63) is 58.6 Å². The van der Waals surface area contributed by atoms with E-state index in [1.54, 1.807) is 11.3 Å². The summed E-state index contributed by atoms with van der Waals surface area (Å²) in [6, 6.07) is 14.3. The summed E-state index contributed by atoms with van der Waals surface area (Å²) in [4.78, 5) is 19.5. The first kappa shape index (κ1) is 18.0. The maximum atomic E-state index is 12.7. The van der Waals surface area contributed by atoms with Crippen molar-refractivity contribution in [1.29, 1.82) is 0 Å². The van der Waals surface area contributed by atoms with Gasteiger partial charge in [0.2, 0.25) is 0 Å². The van der Waals surface area contributed by atoms with E-state index in [0.717, 1.165) is 53.3 Å². The highest BCUT2D eigenvalue weighted by atomic mass is 32.1. The van der Waals surface area contributed by atoms with Gasteiger partial charge in [-0.3, -0.25) is 4.79 Å². The number of fused-ring (bicyclic) bond motifs is 1. The molecule has 1 aliphatic heterocycles. The van der Waals surface area contributed by atoms with E-state index in [0.29, 0.717) is 5.92 Å². The van der Waals surface area contributed by atoms with Crippen LogP contribution in [0, 0.1) is 13.8 Å². The fourth-order valence-electron chi connectivity index (χ4n) is 3.72. The average molecular weight is 381 g/mol. The van der Waals surface area contributed by atoms with Gasteiger partial charge in [0.15, 0.2) is 6.61 Å². The Bertz CT molecular complexity index is 913. The summed E-state index contributed by atoms with van der Waals surface area (Å²) in [6.07, 6.45) is 2.09. The lowest BCUT2D eigenvalue weighted by Crippen LogP contribution is -2.41. The first-order valence-electron chi connectivity index (χ1n) is 9.44. The molecule has 3 aromatic rings. The van der Waals surface area contributed by atoms with Crippen LogP contribution in [0.25, 0.3) is 10.2 Å². The maximum absolute atomic E-state index is 12.7. The number of para-hydroxylation sites is 2. The zero-order chi connectivity index (χ0) is 18.8. The Morgan fingerprint density at radius 3 is 2.74 bits per heavy atom. The molecule has 1 aliphatic rings. The second-order valence-electron chi connectivity index (χ2n) is 7.21. The molecule has 4 nitrogen and oxygen atoms in total. The zero-order valence-electron chi connectivity index (χ0n) is 15.8. The van der Waals surface area contributed by atoms with Gasteiger partial charge in [0.05, 0.1) is 15.2 Å². The van der Waals surface area contributed by atoms with Crippen molar-refractivity contribution in [2.45, 2.75) is 32.6 Å². The molecular weight excluding hydrogens is 356 g/mol. The number of rotatable bonds is 4. The molecule has 1 saturated heterocycles. The number of nitrogens with zero attached hydrogens (tertiary/aromatic N) is 2. The molecule has 0 N–H and O–H groups in total. The number of hydrogen-bond acceptors (Lipinski definition) is 4. The smallest absolute Gasteiger partial charge is 0.260 e. The van der Waals surface area contributed by atoms with Crippen LogP contribution in [0.5, 0.6) is 5.75 Å². The van der Waals surface area contributed by atoms with Gasteiger partial charge in [-0.25, -0.2) is 4.98 Å². The van der Waals surface area contributed by atoms with Crippen molar-refractivity contribution in [2.75, 3.05) is 19.7 Å². The van der Waals surface area contributed by atoms with E-state index in [1.165, 1.54) is 4.70 Å². The van der Waals surface area contributed by atoms with Crippen LogP contribution >= 0.6 is 11.3 Å². The molecule has 1 atom stereocenters. The number of ether oxygens (including phenoxy) is 1. The predicted octanol–water partition coefficient (Wildman–Crippen LogP) is 4.70. The van der Waals surface area contributed by atoms with Gasteiger partial charge in [-0.15, -0.1) is 11.3 Å². The van der Waals surface area contributed by atoms with Crippen molar-refractivity contribution in [3.63, 3.8) is 0 Å². The summed E-state index contributed by atoms with van der Waals surface area (Å²) >= 11 is 1.75. The van der Waals surface area contributed by atoms with Crippen molar-refractivity contribution in [1.82, 2.24) is 9.88 Å². The highest BCUT2D eigenvalue weighted by Crippen LogP contribution is 2.33. The molecule has 0 aliphatic carbocycles. The zero-order valence-corrected chi connectivity index (χ0v) is 16.6. The van der Waals surface area contributed by atoms with E-state index in [2.05, 4.69) is 12.1 Å². The van der Waals surface area contributed by atoms with Crippen molar-refractivity contribution < 1.29 is 9.53 Å². The minimum Gasteiger partial charge on any atom is -0.483 e. The Kier molecular flexibility index (Phi) is 5.12. The Labute approximate surface area is 163 Å². The molecule has 1 fully saturated rings. The molecule has 1 aromatic heterocycles. The van der Waals surface area contributed by atoms with E-state index >= 15 is 0 Å². The van der Waals surface area contributed by atoms with Gasteiger partial charge >= 0.3 is 0 Å². The van der Waals surface area contributed by atoms with Crippen LogP contribution in [0.2, 0.25) is 0 Å². The van der Waals surface area contributed by atoms with Crippen LogP contribution in [0.3, 0.4) is 0 Å². The molecule has 0 bridgehead atoms. The number of amides is 1. The topological polar surface area (TPSA) is 42.4 Å². The van der Waals surface area contributed by atoms with E-state index in [9.17, 15) is 4.79 Å². The third-order valence-corrected chi connectivity index (χ3v) is 6.38. The molecular formula is C22H24N2O2S. The molecule has 5 heteroatoms. The summed E-state index contributed by atoms with van der Waals surface area (Å²) in [5, 5.41) is 1.14. The number of carbonyl (C=O) groups is 1. The molecule has 4 rings (SSSR count). The molecule has 2 aromatic carbocycles. The lowest BCUT2D eigenvalue weighted by molar-refractivity contribution is -0.134. The number of aromatic nitrogens is 1. The third-order valence-electron chi connectivity index (χ3n) is 5.18. The highest BCUT2D eigenvalue weighted by Gasteiger charge is 2.27. The summed E-state index contributed by atoms with van der Waals surface area (Å²) in [6.45, 7) is 5.65. The van der Waals surface area contributed by atoms with Gasteiger partial charge < -0.3 is 9.64 Å². The third kappa shape index (κ3) is 3.83. The Balaban J connectivity index is 1.42. The number of likely N-dealkylation sites (tertiary alicyclic amines) is 1. The van der Waals surface area contributed by atoms with Gasteiger partial charge in [-0.1, -0.05) is 30.3 Å². The molecule has 0 saturated carbocycles. The van der Waals surface area contributed by atoms with Gasteiger partial charge in [-0.2, -0.15) is 0 Å². The maximum Gasteiger partial charge on any atom is 0.260 e. The van der Waals surface area contributed by atoms with Crippen LogP contribution in [-0.2, 0) is 4.79 Å². The Morgan fingerprint density at radius 1 is 1.19 bits per heavy atom. The number of aryl methyl sites for hydroxylation is 2. The minimum absolute atomic E-state index is 0.0588. The largest absolute Gasteiger partial charge is 0.483 e. The van der Waals surface area contributed by atoms with E-state index in [1.807, 2.05) is 49.1 Å². The van der Waals surface area contributed by atoms with E-state index in [4.69, 9.17) is 9.72 Å². The van der Waals surface area contributed by atoms with Gasteiger partial charge in [0, 0.05) is 19.0 Å². The number of piperidine rings is 1. The number of thiazole rings is 1. The summed E-state index contributed by atoms with van der Waals surface area (Å²) < 4.78 is 7.08. The van der Waals surface area contributed by atoms with Crippen LogP contribution in [-0.4, -0.2) is 35.5 Å². The first-order chi connectivity index (χ1) is 13.1. The summed E-state index contributed by atoms with van der Waals surface area (Å²) in [5.74, 6) is 1.20. The second kappa shape index (κ2) is 7.69. The van der Waals surface area contributed by atoms with Crippen LogP contribution in [0.1, 0.15) is 34.9 Å². The lowest BCUT2D eigenvalue weighted by atomic mass is 9.99.